The van der Waals surface area contributed by atoms with E-state index in [0.717, 1.165) is 49.3 Å². The van der Waals surface area contributed by atoms with Crippen LogP contribution < -0.4 is 0 Å². The number of amides is 1. The van der Waals surface area contributed by atoms with E-state index < -0.39 is 0 Å². The first-order valence-corrected chi connectivity index (χ1v) is 13.1. The summed E-state index contributed by atoms with van der Waals surface area (Å²) in [5.74, 6) is 1.38. The summed E-state index contributed by atoms with van der Waals surface area (Å²) in [7, 11) is 0. The van der Waals surface area contributed by atoms with E-state index in [9.17, 15) is 13.6 Å². The first-order chi connectivity index (χ1) is 18.4. The van der Waals surface area contributed by atoms with Crippen LogP contribution in [-0.2, 0) is 11.2 Å². The minimum atomic E-state index is -0.336. The molecule has 1 aromatic heterocycles. The quantitative estimate of drug-likeness (QED) is 0.432. The van der Waals surface area contributed by atoms with Crippen LogP contribution in [0.3, 0.4) is 0 Å². The van der Waals surface area contributed by atoms with Gasteiger partial charge >= 0.3 is 0 Å². The van der Waals surface area contributed by atoms with E-state index in [-0.39, 0.29) is 23.6 Å². The second kappa shape index (κ2) is 11.3. The number of aliphatic imine (C=N–C) groups is 2. The fraction of sp³-hybridized carbons (Fsp3) is 0.367. The molecule has 0 bridgehead atoms. The fourth-order valence-corrected chi connectivity index (χ4v) is 5.11. The number of rotatable bonds is 7. The first-order valence-electron chi connectivity index (χ1n) is 13.1. The highest BCUT2D eigenvalue weighted by atomic mass is 19.1. The third-order valence-electron chi connectivity index (χ3n) is 7.38. The van der Waals surface area contributed by atoms with E-state index in [2.05, 4.69) is 9.97 Å². The topological polar surface area (TPSA) is 70.8 Å². The van der Waals surface area contributed by atoms with Crippen LogP contribution in [0, 0.1) is 31.4 Å². The molecular formula is C30H31F2N5O. The van der Waals surface area contributed by atoms with Crippen molar-refractivity contribution in [1.82, 2.24) is 14.9 Å². The van der Waals surface area contributed by atoms with Gasteiger partial charge in [-0.1, -0.05) is 6.07 Å². The van der Waals surface area contributed by atoms with Crippen LogP contribution in [0.2, 0.25) is 0 Å². The van der Waals surface area contributed by atoms with Crippen molar-refractivity contribution in [1.29, 1.82) is 0 Å². The molecule has 0 saturated carbocycles. The van der Waals surface area contributed by atoms with Gasteiger partial charge in [-0.3, -0.25) is 9.79 Å². The number of benzene rings is 2. The number of likely N-dealkylation sites (tertiary alicyclic amines) is 1. The highest BCUT2D eigenvalue weighted by Gasteiger charge is 2.28. The molecule has 0 spiro atoms. The summed E-state index contributed by atoms with van der Waals surface area (Å²) in [6.45, 7) is 4.87. The number of carbonyl (C=O) groups is 1. The van der Waals surface area contributed by atoms with Gasteiger partial charge in [-0.05, 0) is 92.1 Å². The van der Waals surface area contributed by atoms with Gasteiger partial charge in [0.15, 0.2) is 5.84 Å². The molecule has 196 valence electrons. The number of aromatic nitrogens is 2. The predicted molar refractivity (Wildman–Crippen MR) is 143 cm³/mol. The molecule has 0 N–H and O–H groups in total. The molecule has 8 heteroatoms. The summed E-state index contributed by atoms with van der Waals surface area (Å²) < 4.78 is 27.8. The zero-order valence-corrected chi connectivity index (χ0v) is 21.7. The molecule has 6 nitrogen and oxygen atoms in total. The Bertz CT molecular complexity index is 1380. The number of nitrogens with zero attached hydrogens (tertiary/aromatic N) is 5. The normalized spacial score (nSPS) is 17.9. The van der Waals surface area contributed by atoms with E-state index in [4.69, 9.17) is 9.98 Å². The lowest BCUT2D eigenvalue weighted by Gasteiger charge is -2.32. The molecule has 0 aliphatic carbocycles. The highest BCUT2D eigenvalue weighted by Crippen LogP contribution is 2.25. The van der Waals surface area contributed by atoms with Crippen molar-refractivity contribution < 1.29 is 13.6 Å². The van der Waals surface area contributed by atoms with Crippen molar-refractivity contribution in [2.75, 3.05) is 13.1 Å². The van der Waals surface area contributed by atoms with Crippen LogP contribution in [0.5, 0.6) is 0 Å². The van der Waals surface area contributed by atoms with Gasteiger partial charge in [0.05, 0.1) is 11.8 Å². The van der Waals surface area contributed by atoms with E-state index >= 15 is 0 Å². The molecule has 2 aliphatic rings. The van der Waals surface area contributed by atoms with E-state index in [1.54, 1.807) is 50.5 Å². The molecule has 1 unspecified atom stereocenters. The van der Waals surface area contributed by atoms with Gasteiger partial charge in [-0.15, -0.1) is 0 Å². The highest BCUT2D eigenvalue weighted by molar-refractivity contribution is 6.18. The Morgan fingerprint density at radius 2 is 1.58 bits per heavy atom. The molecule has 3 heterocycles. The van der Waals surface area contributed by atoms with Crippen molar-refractivity contribution in [3.05, 3.63) is 94.6 Å². The maximum Gasteiger partial charge on any atom is 0.222 e. The Morgan fingerprint density at radius 3 is 2.24 bits per heavy atom. The van der Waals surface area contributed by atoms with Crippen molar-refractivity contribution in [3.8, 4) is 0 Å². The Morgan fingerprint density at radius 1 is 0.947 bits per heavy atom. The standard InChI is InChI=1S/C30H31F2N5O/c1-19-16-22(4-6-24(19)31)29-26(35-30(36-29)23-5-7-25(32)20(2)17-23)8-9-28(38)37-14-10-21(11-15-37)18-27-33-12-3-13-34-27/h3-7,12-13,16-17,21,26H,8-11,14-15,18H2,1-2H3. The van der Waals surface area contributed by atoms with Crippen LogP contribution in [0.25, 0.3) is 0 Å². The van der Waals surface area contributed by atoms with Gasteiger partial charge < -0.3 is 4.90 Å². The maximum absolute atomic E-state index is 14.0. The predicted octanol–water partition coefficient (Wildman–Crippen LogP) is 5.25. The lowest BCUT2D eigenvalue weighted by Crippen LogP contribution is -2.39. The zero-order chi connectivity index (χ0) is 26.6. The van der Waals surface area contributed by atoms with Crippen LogP contribution in [0.15, 0.2) is 64.8 Å². The number of halogens is 2. The molecule has 1 fully saturated rings. The lowest BCUT2D eigenvalue weighted by molar-refractivity contribution is -0.132. The molecule has 3 aromatic rings. The SMILES string of the molecule is Cc1cc(C2=NC(CCC(=O)N3CCC(Cc4ncccn4)CC3)C(c3ccc(F)c(C)c3)=N2)ccc1F. The third kappa shape index (κ3) is 5.85. The van der Waals surface area contributed by atoms with Crippen molar-refractivity contribution >= 4 is 17.5 Å². The van der Waals surface area contributed by atoms with Gasteiger partial charge in [0.2, 0.25) is 5.91 Å². The van der Waals surface area contributed by atoms with Gasteiger partial charge in [0, 0.05) is 43.9 Å². The van der Waals surface area contributed by atoms with E-state index in [1.807, 2.05) is 11.0 Å². The van der Waals surface area contributed by atoms with Crippen molar-refractivity contribution in [2.45, 2.75) is 52.0 Å². The molecule has 2 aliphatic heterocycles. The molecule has 38 heavy (non-hydrogen) atoms. The number of piperidine rings is 1. The summed E-state index contributed by atoms with van der Waals surface area (Å²) >= 11 is 0. The summed E-state index contributed by atoms with van der Waals surface area (Å²) in [4.78, 5) is 33.3. The summed E-state index contributed by atoms with van der Waals surface area (Å²) in [5.41, 5.74) is 3.25. The summed E-state index contributed by atoms with van der Waals surface area (Å²) in [5, 5.41) is 0. The molecule has 1 saturated heterocycles. The Labute approximate surface area is 221 Å². The summed E-state index contributed by atoms with van der Waals surface area (Å²) in [6.07, 6.45) is 7.07. The lowest BCUT2D eigenvalue weighted by atomic mass is 9.92. The van der Waals surface area contributed by atoms with Gasteiger partial charge in [0.1, 0.15) is 17.5 Å². The monoisotopic (exact) mass is 515 g/mol. The van der Waals surface area contributed by atoms with Crippen molar-refractivity contribution in [3.63, 3.8) is 0 Å². The fourth-order valence-electron chi connectivity index (χ4n) is 5.11. The second-order valence-electron chi connectivity index (χ2n) is 10.1. The minimum absolute atomic E-state index is 0.107. The van der Waals surface area contributed by atoms with Crippen LogP contribution >= 0.6 is 0 Å². The zero-order valence-electron chi connectivity index (χ0n) is 21.7. The maximum atomic E-state index is 14.0. The minimum Gasteiger partial charge on any atom is -0.343 e. The molecule has 2 aromatic carbocycles. The van der Waals surface area contributed by atoms with Crippen LogP contribution in [0.4, 0.5) is 8.78 Å². The molecule has 1 amide bonds. The Kier molecular flexibility index (Phi) is 7.67. The summed E-state index contributed by atoms with van der Waals surface area (Å²) in [6, 6.07) is 11.2. The number of carbonyl (C=O) groups excluding carboxylic acids is 1. The number of hydrogen-bond donors (Lipinski definition) is 0. The average Bonchev–Trinajstić information content (AvgIpc) is 3.36. The van der Waals surface area contributed by atoms with Crippen LogP contribution in [-0.4, -0.2) is 51.5 Å². The molecule has 5 rings (SSSR count). The number of aryl methyl sites for hydroxylation is 2. The van der Waals surface area contributed by atoms with Gasteiger partial charge in [-0.25, -0.2) is 23.7 Å². The van der Waals surface area contributed by atoms with Crippen molar-refractivity contribution in [2.24, 2.45) is 15.9 Å². The Hall–Kier alpha value is -3.81. The largest absolute Gasteiger partial charge is 0.343 e. The second-order valence-corrected chi connectivity index (χ2v) is 10.1. The number of hydrogen-bond acceptors (Lipinski definition) is 5. The third-order valence-corrected chi connectivity index (χ3v) is 7.38. The molecule has 0 radical (unpaired) electrons. The smallest absolute Gasteiger partial charge is 0.222 e. The average molecular weight is 516 g/mol. The van der Waals surface area contributed by atoms with Gasteiger partial charge in [-0.2, -0.15) is 0 Å². The Balaban J connectivity index is 1.26. The molecular weight excluding hydrogens is 484 g/mol. The number of amidine groups is 1. The first kappa shape index (κ1) is 25.8. The van der Waals surface area contributed by atoms with E-state index in [1.165, 1.54) is 12.1 Å². The molecule has 1 atom stereocenters. The van der Waals surface area contributed by atoms with Crippen LogP contribution in [0.1, 0.15) is 53.8 Å². The van der Waals surface area contributed by atoms with Gasteiger partial charge in [0.25, 0.3) is 0 Å². The van der Waals surface area contributed by atoms with E-state index in [0.29, 0.717) is 41.4 Å².